The van der Waals surface area contributed by atoms with Gasteiger partial charge in [0.15, 0.2) is 0 Å². The number of hydrogen-bond acceptors (Lipinski definition) is 2. The number of nitrogens with zero attached hydrogens (tertiary/aromatic N) is 1. The number of aliphatic hydroxyl groups is 1. The van der Waals surface area contributed by atoms with Crippen molar-refractivity contribution in [3.8, 4) is 0 Å². The Labute approximate surface area is 104 Å². The molecule has 1 N–H and O–H groups in total. The molecular weight excluding hydrogens is 240 g/mol. The first-order valence-electron chi connectivity index (χ1n) is 5.96. The average molecular weight is 255 g/mol. The van der Waals surface area contributed by atoms with Crippen molar-refractivity contribution in [1.82, 2.24) is 4.90 Å². The molecule has 0 saturated heterocycles. The molecule has 98 valence electrons. The summed E-state index contributed by atoms with van der Waals surface area (Å²) >= 11 is 0. The highest BCUT2D eigenvalue weighted by Gasteiger charge is 2.32. The van der Waals surface area contributed by atoms with Gasteiger partial charge >= 0.3 is 0 Å². The summed E-state index contributed by atoms with van der Waals surface area (Å²) in [5.41, 5.74) is 0.0589. The lowest BCUT2D eigenvalue weighted by molar-refractivity contribution is -0.131. The van der Waals surface area contributed by atoms with Crippen LogP contribution in [0.25, 0.3) is 0 Å². The maximum Gasteiger partial charge on any atom is 0.227 e. The molecule has 1 amide bonds. The zero-order valence-electron chi connectivity index (χ0n) is 9.90. The van der Waals surface area contributed by atoms with Gasteiger partial charge < -0.3 is 10.0 Å². The third-order valence-corrected chi connectivity index (χ3v) is 3.00. The highest BCUT2D eigenvalue weighted by Crippen LogP contribution is 2.27. The van der Waals surface area contributed by atoms with Crippen molar-refractivity contribution in [1.29, 1.82) is 0 Å². The number of benzene rings is 1. The maximum absolute atomic E-state index is 13.4. The summed E-state index contributed by atoms with van der Waals surface area (Å²) in [5.74, 6) is -1.40. The first-order valence-corrected chi connectivity index (χ1v) is 5.96. The quantitative estimate of drug-likeness (QED) is 0.866. The van der Waals surface area contributed by atoms with Gasteiger partial charge in [0.05, 0.1) is 13.0 Å². The number of hydrogen-bond donors (Lipinski definition) is 1. The van der Waals surface area contributed by atoms with Gasteiger partial charge in [0.1, 0.15) is 11.6 Å². The molecule has 1 aliphatic carbocycles. The Morgan fingerprint density at radius 2 is 2.11 bits per heavy atom. The summed E-state index contributed by atoms with van der Waals surface area (Å²) in [6.45, 7) is 0.133. The molecule has 1 aliphatic rings. The molecule has 0 aromatic heterocycles. The second-order valence-corrected chi connectivity index (χ2v) is 4.45. The SMILES string of the molecule is O=C(Cc1cc(F)ccc1F)N(CCO)C1CC1. The Bertz CT molecular complexity index is 447. The first kappa shape index (κ1) is 13.0. The van der Waals surface area contributed by atoms with Gasteiger partial charge in [-0.05, 0) is 31.0 Å². The lowest BCUT2D eigenvalue weighted by Gasteiger charge is -2.21. The number of rotatable bonds is 5. The third-order valence-electron chi connectivity index (χ3n) is 3.00. The molecule has 5 heteroatoms. The molecule has 0 aliphatic heterocycles. The highest BCUT2D eigenvalue weighted by atomic mass is 19.1. The van der Waals surface area contributed by atoms with Crippen molar-refractivity contribution in [3.63, 3.8) is 0 Å². The molecule has 2 rings (SSSR count). The zero-order chi connectivity index (χ0) is 13.1. The number of halogens is 2. The summed E-state index contributed by atoms with van der Waals surface area (Å²) in [6, 6.07) is 3.24. The molecule has 18 heavy (non-hydrogen) atoms. The fourth-order valence-corrected chi connectivity index (χ4v) is 1.95. The average Bonchev–Trinajstić information content (AvgIpc) is 3.14. The van der Waals surface area contributed by atoms with Crippen LogP contribution in [-0.4, -0.2) is 35.1 Å². The van der Waals surface area contributed by atoms with Crippen LogP contribution in [0.15, 0.2) is 18.2 Å². The number of carbonyl (C=O) groups is 1. The van der Waals surface area contributed by atoms with E-state index in [1.54, 1.807) is 4.90 Å². The minimum absolute atomic E-state index is 0.0589. The zero-order valence-corrected chi connectivity index (χ0v) is 9.90. The van der Waals surface area contributed by atoms with Crippen molar-refractivity contribution in [3.05, 3.63) is 35.4 Å². The molecule has 0 unspecified atom stereocenters. The lowest BCUT2D eigenvalue weighted by Crippen LogP contribution is -2.36. The van der Waals surface area contributed by atoms with Crippen LogP contribution >= 0.6 is 0 Å². The normalized spacial score (nSPS) is 14.6. The van der Waals surface area contributed by atoms with E-state index in [1.807, 2.05) is 0 Å². The maximum atomic E-state index is 13.4. The molecule has 0 atom stereocenters. The Morgan fingerprint density at radius 1 is 1.39 bits per heavy atom. The predicted octanol–water partition coefficient (Wildman–Crippen LogP) is 1.49. The highest BCUT2D eigenvalue weighted by molar-refractivity contribution is 5.79. The summed E-state index contributed by atoms with van der Waals surface area (Å²) < 4.78 is 26.4. The number of amides is 1. The van der Waals surface area contributed by atoms with Crippen LogP contribution in [0.3, 0.4) is 0 Å². The van der Waals surface area contributed by atoms with Gasteiger partial charge in [0.25, 0.3) is 0 Å². The minimum atomic E-state index is -0.579. The van der Waals surface area contributed by atoms with Gasteiger partial charge in [0.2, 0.25) is 5.91 Å². The van der Waals surface area contributed by atoms with Gasteiger partial charge in [-0.2, -0.15) is 0 Å². The molecule has 0 heterocycles. The van der Waals surface area contributed by atoms with Crippen LogP contribution in [-0.2, 0) is 11.2 Å². The van der Waals surface area contributed by atoms with Crippen LogP contribution in [0.5, 0.6) is 0 Å². The van der Waals surface area contributed by atoms with Crippen molar-refractivity contribution in [2.75, 3.05) is 13.2 Å². The lowest BCUT2D eigenvalue weighted by atomic mass is 10.1. The summed E-state index contributed by atoms with van der Waals surface area (Å²) in [6.07, 6.45) is 1.66. The third kappa shape index (κ3) is 3.04. The Morgan fingerprint density at radius 3 is 2.72 bits per heavy atom. The van der Waals surface area contributed by atoms with Crippen LogP contribution in [0.1, 0.15) is 18.4 Å². The van der Waals surface area contributed by atoms with E-state index in [-0.39, 0.29) is 37.1 Å². The van der Waals surface area contributed by atoms with Gasteiger partial charge in [0, 0.05) is 18.2 Å². The minimum Gasteiger partial charge on any atom is -0.395 e. The molecule has 1 fully saturated rings. The van der Waals surface area contributed by atoms with E-state index < -0.39 is 11.6 Å². The van der Waals surface area contributed by atoms with Crippen LogP contribution in [0.4, 0.5) is 8.78 Å². The fourth-order valence-electron chi connectivity index (χ4n) is 1.95. The van der Waals surface area contributed by atoms with E-state index in [0.29, 0.717) is 0 Å². The van der Waals surface area contributed by atoms with E-state index in [9.17, 15) is 13.6 Å². The molecular formula is C13H15F2NO2. The Balaban J connectivity index is 2.07. The second-order valence-electron chi connectivity index (χ2n) is 4.45. The summed E-state index contributed by atoms with van der Waals surface area (Å²) in [5, 5.41) is 8.90. The van der Waals surface area contributed by atoms with Gasteiger partial charge in [-0.15, -0.1) is 0 Å². The summed E-state index contributed by atoms with van der Waals surface area (Å²) in [4.78, 5) is 13.5. The standard InChI is InChI=1S/C13H15F2NO2/c14-10-1-4-12(15)9(7-10)8-13(18)16(5-6-17)11-2-3-11/h1,4,7,11,17H,2-3,5-6,8H2. The Hall–Kier alpha value is -1.49. The Kier molecular flexibility index (Phi) is 3.91. The largest absolute Gasteiger partial charge is 0.395 e. The molecule has 0 bridgehead atoms. The fraction of sp³-hybridized carbons (Fsp3) is 0.462. The second kappa shape index (κ2) is 5.44. The molecule has 1 saturated carbocycles. The van der Waals surface area contributed by atoms with Gasteiger partial charge in [-0.3, -0.25) is 4.79 Å². The van der Waals surface area contributed by atoms with Gasteiger partial charge in [-0.1, -0.05) is 0 Å². The van der Waals surface area contributed by atoms with E-state index >= 15 is 0 Å². The van der Waals surface area contributed by atoms with Crippen molar-refractivity contribution in [2.24, 2.45) is 0 Å². The van der Waals surface area contributed by atoms with Crippen LogP contribution < -0.4 is 0 Å². The number of carbonyl (C=O) groups excluding carboxylic acids is 1. The molecule has 1 aromatic carbocycles. The molecule has 0 spiro atoms. The van der Waals surface area contributed by atoms with E-state index in [0.717, 1.165) is 31.0 Å². The van der Waals surface area contributed by atoms with Crippen molar-refractivity contribution >= 4 is 5.91 Å². The van der Waals surface area contributed by atoms with E-state index in [4.69, 9.17) is 5.11 Å². The van der Waals surface area contributed by atoms with E-state index in [1.165, 1.54) is 0 Å². The van der Waals surface area contributed by atoms with E-state index in [2.05, 4.69) is 0 Å². The predicted molar refractivity (Wildman–Crippen MR) is 61.9 cm³/mol. The van der Waals surface area contributed by atoms with Gasteiger partial charge in [-0.25, -0.2) is 8.78 Å². The molecule has 1 aromatic rings. The number of aliphatic hydroxyl groups excluding tert-OH is 1. The molecule has 0 radical (unpaired) electrons. The van der Waals surface area contributed by atoms with Crippen LogP contribution in [0, 0.1) is 11.6 Å². The smallest absolute Gasteiger partial charge is 0.227 e. The molecule has 3 nitrogen and oxygen atoms in total. The van der Waals surface area contributed by atoms with Crippen LogP contribution in [0.2, 0.25) is 0 Å². The summed E-state index contributed by atoms with van der Waals surface area (Å²) in [7, 11) is 0. The first-order chi connectivity index (χ1) is 8.61. The van der Waals surface area contributed by atoms with Crippen molar-refractivity contribution in [2.45, 2.75) is 25.3 Å². The van der Waals surface area contributed by atoms with Crippen molar-refractivity contribution < 1.29 is 18.7 Å². The topological polar surface area (TPSA) is 40.5 Å². The monoisotopic (exact) mass is 255 g/mol.